The van der Waals surface area contributed by atoms with Gasteiger partial charge in [-0.25, -0.2) is 4.79 Å². The molecule has 2 amide bonds. The Morgan fingerprint density at radius 1 is 1.27 bits per heavy atom. The Labute approximate surface area is 154 Å². The number of aromatic amines is 1. The molecule has 0 radical (unpaired) electrons. The van der Waals surface area contributed by atoms with Crippen LogP contribution < -0.4 is 10.1 Å². The van der Waals surface area contributed by atoms with E-state index in [1.807, 2.05) is 38.2 Å². The third kappa shape index (κ3) is 4.18. The monoisotopic (exact) mass is 356 g/mol. The van der Waals surface area contributed by atoms with Gasteiger partial charge >= 0.3 is 6.03 Å². The Morgan fingerprint density at radius 2 is 2.00 bits per heavy atom. The quantitative estimate of drug-likeness (QED) is 0.804. The van der Waals surface area contributed by atoms with Crippen LogP contribution in [0.15, 0.2) is 24.3 Å². The summed E-state index contributed by atoms with van der Waals surface area (Å²) in [7, 11) is 3.46. The fourth-order valence-corrected chi connectivity index (χ4v) is 3.42. The molecule has 0 unspecified atom stereocenters. The fraction of sp³-hybridized carbons (Fsp3) is 0.500. The van der Waals surface area contributed by atoms with Crippen LogP contribution in [0.25, 0.3) is 0 Å². The summed E-state index contributed by atoms with van der Waals surface area (Å²) >= 11 is 0. The minimum absolute atomic E-state index is 0.0767. The van der Waals surface area contributed by atoms with Crippen LogP contribution >= 0.6 is 0 Å². The van der Waals surface area contributed by atoms with Crippen molar-refractivity contribution in [1.29, 1.82) is 0 Å². The van der Waals surface area contributed by atoms with Gasteiger partial charge in [0.25, 0.3) is 0 Å². The molecule has 140 valence electrons. The number of urea groups is 1. The fourth-order valence-electron chi connectivity index (χ4n) is 3.42. The first kappa shape index (κ1) is 18.3. The maximum absolute atomic E-state index is 12.6. The molecule has 1 atom stereocenters. The van der Waals surface area contributed by atoms with Gasteiger partial charge < -0.3 is 15.0 Å². The number of rotatable bonds is 5. The molecule has 2 N–H and O–H groups in total. The molecule has 0 bridgehead atoms. The number of nitrogens with one attached hydrogen (secondary N) is 2. The summed E-state index contributed by atoms with van der Waals surface area (Å²) in [6, 6.07) is 7.57. The van der Waals surface area contributed by atoms with Crippen LogP contribution in [0.4, 0.5) is 4.79 Å². The molecular weight excluding hydrogens is 328 g/mol. The zero-order chi connectivity index (χ0) is 18.5. The van der Waals surface area contributed by atoms with Crippen LogP contribution in [-0.2, 0) is 19.4 Å². The number of benzene rings is 1. The van der Waals surface area contributed by atoms with Gasteiger partial charge in [-0.1, -0.05) is 18.6 Å². The molecule has 6 nitrogen and oxygen atoms in total. The molecule has 3 rings (SSSR count). The number of hydrogen-bond donors (Lipinski definition) is 2. The van der Waals surface area contributed by atoms with Crippen LogP contribution in [0.1, 0.15) is 54.7 Å². The van der Waals surface area contributed by atoms with Crippen molar-refractivity contribution < 1.29 is 9.53 Å². The lowest BCUT2D eigenvalue weighted by Crippen LogP contribution is -2.38. The number of fused-ring (bicyclic) bond motifs is 1. The van der Waals surface area contributed by atoms with Crippen molar-refractivity contribution in [1.82, 2.24) is 20.4 Å². The topological polar surface area (TPSA) is 70.2 Å². The van der Waals surface area contributed by atoms with Gasteiger partial charge in [0.05, 0.1) is 25.4 Å². The Kier molecular flexibility index (Phi) is 5.81. The molecule has 2 aromatic rings. The van der Waals surface area contributed by atoms with E-state index in [1.54, 1.807) is 12.0 Å². The molecule has 1 heterocycles. The number of amides is 2. The highest BCUT2D eigenvalue weighted by Crippen LogP contribution is 2.23. The molecule has 26 heavy (non-hydrogen) atoms. The molecule has 1 aromatic heterocycles. The van der Waals surface area contributed by atoms with Gasteiger partial charge in [0.15, 0.2) is 0 Å². The largest absolute Gasteiger partial charge is 0.497 e. The zero-order valence-electron chi connectivity index (χ0n) is 15.8. The van der Waals surface area contributed by atoms with E-state index in [0.717, 1.165) is 29.8 Å². The van der Waals surface area contributed by atoms with E-state index >= 15 is 0 Å². The van der Waals surface area contributed by atoms with Crippen LogP contribution in [0.3, 0.4) is 0 Å². The number of hydrogen-bond acceptors (Lipinski definition) is 3. The van der Waals surface area contributed by atoms with Crippen LogP contribution in [-0.4, -0.2) is 35.3 Å². The van der Waals surface area contributed by atoms with Gasteiger partial charge in [-0.3, -0.25) is 5.10 Å². The second kappa shape index (κ2) is 8.25. The Morgan fingerprint density at radius 3 is 2.73 bits per heavy atom. The van der Waals surface area contributed by atoms with E-state index < -0.39 is 0 Å². The van der Waals surface area contributed by atoms with Crippen molar-refractivity contribution in [2.45, 2.75) is 51.6 Å². The highest BCUT2D eigenvalue weighted by molar-refractivity contribution is 5.74. The van der Waals surface area contributed by atoms with Crippen LogP contribution in [0.2, 0.25) is 0 Å². The van der Waals surface area contributed by atoms with Gasteiger partial charge in [-0.2, -0.15) is 5.10 Å². The summed E-state index contributed by atoms with van der Waals surface area (Å²) in [5.41, 5.74) is 4.60. The van der Waals surface area contributed by atoms with Crippen molar-refractivity contribution in [2.24, 2.45) is 0 Å². The number of H-pyrrole nitrogens is 1. The van der Waals surface area contributed by atoms with Crippen molar-refractivity contribution in [2.75, 3.05) is 14.2 Å². The molecular formula is C20H28N4O2. The zero-order valence-corrected chi connectivity index (χ0v) is 15.8. The maximum Gasteiger partial charge on any atom is 0.317 e. The van der Waals surface area contributed by atoms with E-state index in [9.17, 15) is 4.79 Å². The molecule has 0 saturated heterocycles. The third-order valence-electron chi connectivity index (χ3n) is 5.08. The standard InChI is InChI=1S/C20H28N4O2/c1-14(15-9-11-16(26-3)12-10-15)21-20(25)24(2)13-19-17-7-5-4-6-8-18(17)22-23-19/h9-12,14H,4-8,13H2,1-3H3,(H,21,25)(H,22,23)/t14-/m1/s1. The SMILES string of the molecule is COc1ccc([C@@H](C)NC(=O)N(C)Cc2n[nH]c3c2CCCCC3)cc1. The van der Waals surface area contributed by atoms with Crippen molar-refractivity contribution in [3.8, 4) is 5.75 Å². The normalized spacial score (nSPS) is 14.9. The lowest BCUT2D eigenvalue weighted by molar-refractivity contribution is 0.203. The Hall–Kier alpha value is -2.50. The highest BCUT2D eigenvalue weighted by atomic mass is 16.5. The second-order valence-corrected chi connectivity index (χ2v) is 6.99. The first-order valence-electron chi connectivity index (χ1n) is 9.29. The number of methoxy groups -OCH3 is 1. The third-order valence-corrected chi connectivity index (χ3v) is 5.08. The number of ether oxygens (including phenoxy) is 1. The van der Waals surface area contributed by atoms with Gasteiger partial charge in [0.2, 0.25) is 0 Å². The molecule has 1 aliphatic carbocycles. The first-order valence-corrected chi connectivity index (χ1v) is 9.29. The maximum atomic E-state index is 12.6. The highest BCUT2D eigenvalue weighted by Gasteiger charge is 2.19. The smallest absolute Gasteiger partial charge is 0.317 e. The molecule has 0 saturated carbocycles. The van der Waals surface area contributed by atoms with Crippen molar-refractivity contribution >= 4 is 6.03 Å². The average Bonchev–Trinajstić information content (AvgIpc) is 2.88. The number of aryl methyl sites for hydroxylation is 1. The number of carbonyl (C=O) groups is 1. The van der Waals surface area contributed by atoms with E-state index in [4.69, 9.17) is 4.74 Å². The van der Waals surface area contributed by atoms with Crippen molar-refractivity contribution in [3.05, 3.63) is 46.8 Å². The molecule has 1 aromatic carbocycles. The van der Waals surface area contributed by atoms with Gasteiger partial charge in [-0.05, 0) is 55.9 Å². The van der Waals surface area contributed by atoms with Gasteiger partial charge in [0, 0.05) is 12.7 Å². The predicted octanol–water partition coefficient (Wildman–Crippen LogP) is 3.59. The van der Waals surface area contributed by atoms with E-state index in [0.29, 0.717) is 6.54 Å². The molecule has 1 aliphatic rings. The minimum atomic E-state index is -0.0984. The predicted molar refractivity (Wildman–Crippen MR) is 101 cm³/mol. The summed E-state index contributed by atoms with van der Waals surface area (Å²) in [5.74, 6) is 0.809. The van der Waals surface area contributed by atoms with Gasteiger partial charge in [0.1, 0.15) is 5.75 Å². The summed E-state index contributed by atoms with van der Waals surface area (Å²) in [4.78, 5) is 14.3. The van der Waals surface area contributed by atoms with Crippen LogP contribution in [0.5, 0.6) is 5.75 Å². The molecule has 0 fully saturated rings. The summed E-state index contributed by atoms with van der Waals surface area (Å²) < 4.78 is 5.18. The molecule has 0 spiro atoms. The average molecular weight is 356 g/mol. The van der Waals surface area contributed by atoms with E-state index in [1.165, 1.54) is 30.5 Å². The summed E-state index contributed by atoms with van der Waals surface area (Å²) in [6.07, 6.45) is 5.79. The summed E-state index contributed by atoms with van der Waals surface area (Å²) in [6.45, 7) is 2.50. The van der Waals surface area contributed by atoms with E-state index in [2.05, 4.69) is 15.5 Å². The van der Waals surface area contributed by atoms with Crippen molar-refractivity contribution in [3.63, 3.8) is 0 Å². The van der Waals surface area contributed by atoms with Gasteiger partial charge in [-0.15, -0.1) is 0 Å². The number of nitrogens with zero attached hydrogens (tertiary/aromatic N) is 2. The summed E-state index contributed by atoms with van der Waals surface area (Å²) in [5, 5.41) is 10.7. The lowest BCUT2D eigenvalue weighted by Gasteiger charge is -2.21. The molecule has 6 heteroatoms. The molecule has 0 aliphatic heterocycles. The number of aromatic nitrogens is 2. The minimum Gasteiger partial charge on any atom is -0.497 e. The lowest BCUT2D eigenvalue weighted by atomic mass is 10.1. The Balaban J connectivity index is 1.60. The second-order valence-electron chi connectivity index (χ2n) is 6.99. The van der Waals surface area contributed by atoms with Crippen LogP contribution in [0, 0.1) is 0 Å². The van der Waals surface area contributed by atoms with E-state index in [-0.39, 0.29) is 12.1 Å². The first-order chi connectivity index (χ1) is 12.6. The Bertz CT molecular complexity index is 739. The number of carbonyl (C=O) groups excluding carboxylic acids is 1.